The van der Waals surface area contributed by atoms with Crippen molar-refractivity contribution in [2.45, 2.75) is 19.3 Å². The van der Waals surface area contributed by atoms with Crippen molar-refractivity contribution in [3.05, 3.63) is 41.9 Å². The number of aromatic nitrogens is 2. The smallest absolute Gasteiger partial charge is 0.132 e. The molecule has 0 spiro atoms. The van der Waals surface area contributed by atoms with Crippen molar-refractivity contribution in [1.82, 2.24) is 9.97 Å². The van der Waals surface area contributed by atoms with Crippen molar-refractivity contribution >= 4 is 0 Å². The number of hydrogen-bond donors (Lipinski definition) is 2. The number of nitrogens with one attached hydrogen (secondary N) is 1. The van der Waals surface area contributed by atoms with Gasteiger partial charge in [-0.3, -0.25) is 0 Å². The van der Waals surface area contributed by atoms with Gasteiger partial charge in [-0.15, -0.1) is 0 Å². The Hall–Kier alpha value is -1.75. The van der Waals surface area contributed by atoms with Gasteiger partial charge in [0, 0.05) is 11.5 Å². The van der Waals surface area contributed by atoms with E-state index in [1.165, 1.54) is 6.20 Å². The number of rotatable bonds is 4. The number of halogens is 2. The van der Waals surface area contributed by atoms with Gasteiger partial charge in [-0.1, -0.05) is 6.92 Å². The summed E-state index contributed by atoms with van der Waals surface area (Å²) >= 11 is 0. The summed E-state index contributed by atoms with van der Waals surface area (Å²) in [6.07, 6.45) is 2.30. The molecule has 0 aliphatic rings. The van der Waals surface area contributed by atoms with E-state index in [9.17, 15) is 8.78 Å². The van der Waals surface area contributed by atoms with Gasteiger partial charge in [0.1, 0.15) is 17.5 Å². The highest BCUT2D eigenvalue weighted by Crippen LogP contribution is 2.24. The van der Waals surface area contributed by atoms with Crippen LogP contribution in [-0.4, -0.2) is 16.5 Å². The average molecular weight is 251 g/mol. The Bertz CT molecular complexity index is 537. The van der Waals surface area contributed by atoms with Crippen LogP contribution in [0.2, 0.25) is 0 Å². The fraction of sp³-hybridized carbons (Fsp3) is 0.308. The molecule has 0 aliphatic carbocycles. The van der Waals surface area contributed by atoms with Crippen molar-refractivity contribution in [2.24, 2.45) is 5.73 Å². The zero-order valence-corrected chi connectivity index (χ0v) is 10.1. The first-order chi connectivity index (χ1) is 8.61. The highest BCUT2D eigenvalue weighted by atomic mass is 19.1. The maximum absolute atomic E-state index is 13.6. The van der Waals surface area contributed by atoms with E-state index in [0.717, 1.165) is 30.4 Å². The molecule has 1 heterocycles. The molecule has 1 aromatic heterocycles. The Labute approximate surface area is 104 Å². The second-order valence-corrected chi connectivity index (χ2v) is 4.28. The molecule has 1 aromatic carbocycles. The van der Waals surface area contributed by atoms with Gasteiger partial charge < -0.3 is 10.7 Å². The molecule has 3 N–H and O–H groups in total. The van der Waals surface area contributed by atoms with Gasteiger partial charge in [-0.05, 0) is 31.2 Å². The van der Waals surface area contributed by atoms with E-state index in [1.807, 2.05) is 6.92 Å². The van der Waals surface area contributed by atoms with Crippen LogP contribution in [0.3, 0.4) is 0 Å². The summed E-state index contributed by atoms with van der Waals surface area (Å²) < 4.78 is 26.7. The third kappa shape index (κ3) is 2.56. The van der Waals surface area contributed by atoms with E-state index < -0.39 is 11.6 Å². The molecular formula is C13H15F2N3. The van der Waals surface area contributed by atoms with Gasteiger partial charge in [0.25, 0.3) is 0 Å². The molecule has 0 saturated heterocycles. The minimum absolute atomic E-state index is 0.167. The molecule has 2 rings (SSSR count). The molecule has 2 aromatic rings. The lowest BCUT2D eigenvalue weighted by Gasteiger charge is -2.05. The van der Waals surface area contributed by atoms with Crippen molar-refractivity contribution in [2.75, 3.05) is 6.54 Å². The van der Waals surface area contributed by atoms with Gasteiger partial charge >= 0.3 is 0 Å². The fourth-order valence-corrected chi connectivity index (χ4v) is 1.81. The molecule has 0 radical (unpaired) electrons. The minimum atomic E-state index is -0.474. The lowest BCUT2D eigenvalue weighted by Crippen LogP contribution is -2.05. The second kappa shape index (κ2) is 5.27. The van der Waals surface area contributed by atoms with Crippen LogP contribution in [0.4, 0.5) is 8.78 Å². The first kappa shape index (κ1) is 12.7. The third-order valence-corrected chi connectivity index (χ3v) is 2.88. The molecule has 0 aliphatic heterocycles. The van der Waals surface area contributed by atoms with Gasteiger partial charge in [0.05, 0.1) is 11.9 Å². The predicted octanol–water partition coefficient (Wildman–Crippen LogP) is 2.81. The first-order valence-electron chi connectivity index (χ1n) is 5.82. The SMILES string of the molecule is CC(CCN)c1ncc(-c2cc(F)ccc2F)[nH]1. The van der Waals surface area contributed by atoms with Crippen LogP contribution >= 0.6 is 0 Å². The van der Waals surface area contributed by atoms with E-state index in [4.69, 9.17) is 5.73 Å². The molecule has 0 saturated carbocycles. The van der Waals surface area contributed by atoms with Crippen molar-refractivity contribution in [3.8, 4) is 11.3 Å². The first-order valence-corrected chi connectivity index (χ1v) is 5.82. The minimum Gasteiger partial charge on any atom is -0.342 e. The van der Waals surface area contributed by atoms with Crippen LogP contribution in [0.5, 0.6) is 0 Å². The monoisotopic (exact) mass is 251 g/mol. The largest absolute Gasteiger partial charge is 0.342 e. The van der Waals surface area contributed by atoms with Crippen LogP contribution in [0.15, 0.2) is 24.4 Å². The summed E-state index contributed by atoms with van der Waals surface area (Å²) in [5.74, 6) is -0.0462. The highest BCUT2D eigenvalue weighted by Gasteiger charge is 2.12. The molecule has 1 unspecified atom stereocenters. The summed E-state index contributed by atoms with van der Waals surface area (Å²) in [5, 5.41) is 0. The number of hydrogen-bond acceptors (Lipinski definition) is 2. The molecule has 0 bridgehead atoms. The quantitative estimate of drug-likeness (QED) is 0.877. The topological polar surface area (TPSA) is 54.7 Å². The van der Waals surface area contributed by atoms with E-state index in [1.54, 1.807) is 0 Å². The van der Waals surface area contributed by atoms with Crippen LogP contribution in [0.1, 0.15) is 25.1 Å². The average Bonchev–Trinajstić information content (AvgIpc) is 2.82. The fourth-order valence-electron chi connectivity index (χ4n) is 1.81. The predicted molar refractivity (Wildman–Crippen MR) is 66.0 cm³/mol. The number of nitrogens with zero attached hydrogens (tertiary/aromatic N) is 1. The molecule has 0 amide bonds. The van der Waals surface area contributed by atoms with Crippen LogP contribution < -0.4 is 5.73 Å². The zero-order valence-electron chi connectivity index (χ0n) is 10.1. The molecule has 0 fully saturated rings. The summed E-state index contributed by atoms with van der Waals surface area (Å²) in [6, 6.07) is 3.35. The molecule has 3 nitrogen and oxygen atoms in total. The lowest BCUT2D eigenvalue weighted by molar-refractivity contribution is 0.602. The van der Waals surface area contributed by atoms with E-state index in [-0.39, 0.29) is 11.5 Å². The molecular weight excluding hydrogens is 236 g/mol. The van der Waals surface area contributed by atoms with Crippen molar-refractivity contribution in [3.63, 3.8) is 0 Å². The van der Waals surface area contributed by atoms with Crippen molar-refractivity contribution in [1.29, 1.82) is 0 Å². The molecule has 96 valence electrons. The third-order valence-electron chi connectivity index (χ3n) is 2.88. The summed E-state index contributed by atoms with van der Waals surface area (Å²) in [7, 11) is 0. The van der Waals surface area contributed by atoms with Crippen molar-refractivity contribution < 1.29 is 8.78 Å². The standard InChI is InChI=1S/C13H15F2N3/c1-8(4-5-16)13-17-7-12(18-13)10-6-9(14)2-3-11(10)15/h2-3,6-8H,4-5,16H2,1H3,(H,17,18). The molecule has 5 heteroatoms. The zero-order chi connectivity index (χ0) is 13.1. The number of aromatic amines is 1. The van der Waals surface area contributed by atoms with E-state index in [0.29, 0.717) is 12.2 Å². The number of imidazole rings is 1. The lowest BCUT2D eigenvalue weighted by atomic mass is 10.1. The number of nitrogens with two attached hydrogens (primary N) is 1. The van der Waals surface area contributed by atoms with Crippen LogP contribution in [0, 0.1) is 11.6 Å². The van der Waals surface area contributed by atoms with E-state index in [2.05, 4.69) is 9.97 Å². The summed E-state index contributed by atoms with van der Waals surface area (Å²) in [5.41, 5.74) is 6.14. The Morgan fingerprint density at radius 3 is 2.89 bits per heavy atom. The van der Waals surface area contributed by atoms with Gasteiger partial charge in [0.15, 0.2) is 0 Å². The van der Waals surface area contributed by atoms with Gasteiger partial charge in [-0.2, -0.15) is 0 Å². The highest BCUT2D eigenvalue weighted by molar-refractivity contribution is 5.59. The number of benzene rings is 1. The Balaban J connectivity index is 2.32. The van der Waals surface area contributed by atoms with Crippen LogP contribution in [0.25, 0.3) is 11.3 Å². The van der Waals surface area contributed by atoms with Gasteiger partial charge in [0.2, 0.25) is 0 Å². The normalized spacial score (nSPS) is 12.7. The molecule has 18 heavy (non-hydrogen) atoms. The second-order valence-electron chi connectivity index (χ2n) is 4.28. The summed E-state index contributed by atoms with van der Waals surface area (Å²) in [6.45, 7) is 2.54. The maximum atomic E-state index is 13.6. The number of H-pyrrole nitrogens is 1. The Morgan fingerprint density at radius 2 is 2.17 bits per heavy atom. The summed E-state index contributed by atoms with van der Waals surface area (Å²) in [4.78, 5) is 7.19. The van der Waals surface area contributed by atoms with E-state index >= 15 is 0 Å². The Kier molecular flexibility index (Phi) is 3.72. The van der Waals surface area contributed by atoms with Gasteiger partial charge in [-0.25, -0.2) is 13.8 Å². The Morgan fingerprint density at radius 1 is 1.39 bits per heavy atom. The maximum Gasteiger partial charge on any atom is 0.132 e. The molecule has 1 atom stereocenters. The van der Waals surface area contributed by atoms with Crippen LogP contribution in [-0.2, 0) is 0 Å².